The number of amides is 1. The fourth-order valence-corrected chi connectivity index (χ4v) is 3.03. The van der Waals surface area contributed by atoms with E-state index >= 15 is 0 Å². The van der Waals surface area contributed by atoms with Crippen LogP contribution in [-0.4, -0.2) is 41.9 Å². The molecule has 1 aromatic heterocycles. The zero-order chi connectivity index (χ0) is 19.4. The Balaban J connectivity index is 1.58. The molecule has 1 saturated heterocycles. The molecule has 0 aliphatic carbocycles. The molecule has 8 nitrogen and oxygen atoms in total. The van der Waals surface area contributed by atoms with Crippen LogP contribution in [0.25, 0.3) is 0 Å². The largest absolute Gasteiger partial charge is 0.479 e. The van der Waals surface area contributed by atoms with Crippen molar-refractivity contribution < 1.29 is 18.9 Å². The summed E-state index contributed by atoms with van der Waals surface area (Å²) in [6.07, 6.45) is 1.83. The molecule has 0 saturated carbocycles. The van der Waals surface area contributed by atoms with E-state index in [1.807, 2.05) is 0 Å². The molecule has 0 unspecified atom stereocenters. The van der Waals surface area contributed by atoms with Crippen molar-refractivity contribution in [2.45, 2.75) is 32.4 Å². The summed E-state index contributed by atoms with van der Waals surface area (Å²) in [4.78, 5) is 25.2. The predicted molar refractivity (Wildman–Crippen MR) is 98.9 cm³/mol. The Morgan fingerprint density at radius 1 is 1.33 bits per heavy atom. The molecule has 1 aliphatic rings. The highest BCUT2D eigenvalue weighted by Crippen LogP contribution is 2.28. The molecule has 0 spiro atoms. The van der Waals surface area contributed by atoms with Crippen molar-refractivity contribution in [1.29, 1.82) is 0 Å². The van der Waals surface area contributed by atoms with Crippen LogP contribution in [0.5, 0.6) is 5.75 Å². The van der Waals surface area contributed by atoms with E-state index in [0.717, 1.165) is 31.5 Å². The van der Waals surface area contributed by atoms with Crippen LogP contribution < -0.4 is 10.1 Å². The van der Waals surface area contributed by atoms with Gasteiger partial charge >= 0.3 is 5.69 Å². The number of hydrogen-bond donors (Lipinski definition) is 1. The molecule has 3 rings (SSSR count). The van der Waals surface area contributed by atoms with Gasteiger partial charge in [-0.3, -0.25) is 14.9 Å². The Bertz CT molecular complexity index is 825. The average Bonchev–Trinajstić information content (AvgIpc) is 3.11. The van der Waals surface area contributed by atoms with Gasteiger partial charge in [0.25, 0.3) is 5.91 Å². The molecule has 0 atom stereocenters. The molecule has 1 aromatic carbocycles. The number of ether oxygens (including phenoxy) is 1. The number of rotatable bonds is 6. The SMILES string of the molecule is Cc1ccc(OCc2ccc(C(=O)NC3CCN(C)CC3)o2)c([N+](=O)[O-])c1. The molecule has 8 heteroatoms. The number of nitrogens with one attached hydrogen (secondary N) is 1. The van der Waals surface area contributed by atoms with E-state index in [1.165, 1.54) is 6.07 Å². The van der Waals surface area contributed by atoms with Gasteiger partial charge in [-0.25, -0.2) is 0 Å². The number of carbonyl (C=O) groups is 1. The second kappa shape index (κ2) is 8.22. The van der Waals surface area contributed by atoms with Gasteiger partial charge in [0.05, 0.1) is 4.92 Å². The number of carbonyl (C=O) groups excluding carboxylic acids is 1. The van der Waals surface area contributed by atoms with Gasteiger partial charge in [-0.15, -0.1) is 0 Å². The third kappa shape index (κ3) is 4.85. The summed E-state index contributed by atoms with van der Waals surface area (Å²) in [5, 5.41) is 14.1. The first-order valence-corrected chi connectivity index (χ1v) is 8.88. The quantitative estimate of drug-likeness (QED) is 0.618. The van der Waals surface area contributed by atoms with Gasteiger partial charge in [0, 0.05) is 12.1 Å². The fraction of sp³-hybridized carbons (Fsp3) is 0.421. The van der Waals surface area contributed by atoms with Gasteiger partial charge in [-0.05, 0) is 63.7 Å². The van der Waals surface area contributed by atoms with E-state index in [1.54, 1.807) is 31.2 Å². The first-order valence-electron chi connectivity index (χ1n) is 8.88. The molecule has 2 heterocycles. The lowest BCUT2D eigenvalue weighted by atomic mass is 10.1. The summed E-state index contributed by atoms with van der Waals surface area (Å²) in [6.45, 7) is 3.69. The lowest BCUT2D eigenvalue weighted by Crippen LogP contribution is -2.43. The molecule has 1 amide bonds. The van der Waals surface area contributed by atoms with E-state index < -0.39 is 4.92 Å². The monoisotopic (exact) mass is 373 g/mol. The van der Waals surface area contributed by atoms with E-state index in [9.17, 15) is 14.9 Å². The minimum Gasteiger partial charge on any atom is -0.479 e. The lowest BCUT2D eigenvalue weighted by molar-refractivity contribution is -0.386. The maximum Gasteiger partial charge on any atom is 0.311 e. The van der Waals surface area contributed by atoms with Gasteiger partial charge in [-0.2, -0.15) is 0 Å². The van der Waals surface area contributed by atoms with Gasteiger partial charge in [0.1, 0.15) is 12.4 Å². The number of nitro groups is 1. The van der Waals surface area contributed by atoms with Gasteiger partial charge < -0.3 is 19.4 Å². The third-order valence-electron chi connectivity index (χ3n) is 4.62. The second-order valence-electron chi connectivity index (χ2n) is 6.83. The van der Waals surface area contributed by atoms with E-state index in [-0.39, 0.29) is 35.8 Å². The number of nitro benzene ring substituents is 1. The van der Waals surface area contributed by atoms with Crippen LogP contribution in [0.4, 0.5) is 5.69 Å². The number of hydrogen-bond acceptors (Lipinski definition) is 6. The average molecular weight is 373 g/mol. The van der Waals surface area contributed by atoms with Crippen molar-refractivity contribution in [3.05, 3.63) is 57.5 Å². The topological polar surface area (TPSA) is 97.8 Å². The molecule has 0 bridgehead atoms. The first-order chi connectivity index (χ1) is 12.9. The van der Waals surface area contributed by atoms with E-state index in [4.69, 9.17) is 9.15 Å². The van der Waals surface area contributed by atoms with Crippen molar-refractivity contribution >= 4 is 11.6 Å². The Kier molecular flexibility index (Phi) is 5.75. The smallest absolute Gasteiger partial charge is 0.311 e. The number of piperidine rings is 1. The number of aryl methyl sites for hydroxylation is 1. The summed E-state index contributed by atoms with van der Waals surface area (Å²) in [6, 6.07) is 8.14. The predicted octanol–water partition coefficient (Wildman–Crippen LogP) is 2.90. The zero-order valence-electron chi connectivity index (χ0n) is 15.4. The molecule has 2 aromatic rings. The van der Waals surface area contributed by atoms with Crippen LogP contribution in [-0.2, 0) is 6.61 Å². The highest BCUT2D eigenvalue weighted by Gasteiger charge is 2.21. The molecule has 27 heavy (non-hydrogen) atoms. The maximum absolute atomic E-state index is 12.3. The van der Waals surface area contributed by atoms with Crippen LogP contribution >= 0.6 is 0 Å². The Morgan fingerprint density at radius 2 is 2.07 bits per heavy atom. The lowest BCUT2D eigenvalue weighted by Gasteiger charge is -2.29. The summed E-state index contributed by atoms with van der Waals surface area (Å²) in [5.74, 6) is 0.556. The molecular weight excluding hydrogens is 350 g/mol. The van der Waals surface area contributed by atoms with Crippen LogP contribution in [0, 0.1) is 17.0 Å². The van der Waals surface area contributed by atoms with Crippen molar-refractivity contribution in [2.75, 3.05) is 20.1 Å². The first kappa shape index (κ1) is 18.9. The van der Waals surface area contributed by atoms with Crippen molar-refractivity contribution in [1.82, 2.24) is 10.2 Å². The fourth-order valence-electron chi connectivity index (χ4n) is 3.03. The van der Waals surface area contributed by atoms with E-state index in [2.05, 4.69) is 17.3 Å². The van der Waals surface area contributed by atoms with Crippen LogP contribution in [0.1, 0.15) is 34.7 Å². The molecular formula is C19H23N3O5. The Labute approximate surface area is 157 Å². The second-order valence-corrected chi connectivity index (χ2v) is 6.83. The molecule has 1 aliphatic heterocycles. The number of likely N-dealkylation sites (tertiary alicyclic amines) is 1. The Morgan fingerprint density at radius 3 is 2.78 bits per heavy atom. The highest BCUT2D eigenvalue weighted by atomic mass is 16.6. The molecule has 1 fully saturated rings. The maximum atomic E-state index is 12.3. The summed E-state index contributed by atoms with van der Waals surface area (Å²) >= 11 is 0. The number of nitrogens with zero attached hydrogens (tertiary/aromatic N) is 2. The molecule has 144 valence electrons. The van der Waals surface area contributed by atoms with Crippen LogP contribution in [0.15, 0.2) is 34.7 Å². The van der Waals surface area contributed by atoms with Gasteiger partial charge in [-0.1, -0.05) is 6.07 Å². The summed E-state index contributed by atoms with van der Waals surface area (Å²) in [7, 11) is 2.06. The zero-order valence-corrected chi connectivity index (χ0v) is 15.4. The van der Waals surface area contributed by atoms with Crippen LogP contribution in [0.2, 0.25) is 0 Å². The van der Waals surface area contributed by atoms with Crippen LogP contribution in [0.3, 0.4) is 0 Å². The minimum absolute atomic E-state index is 0.00536. The highest BCUT2D eigenvalue weighted by molar-refractivity contribution is 5.91. The van der Waals surface area contributed by atoms with Crippen molar-refractivity contribution in [3.8, 4) is 5.75 Å². The van der Waals surface area contributed by atoms with Crippen molar-refractivity contribution in [2.24, 2.45) is 0 Å². The number of furan rings is 1. The molecule has 1 N–H and O–H groups in total. The van der Waals surface area contributed by atoms with Gasteiger partial charge in [0.2, 0.25) is 0 Å². The Hall–Kier alpha value is -2.87. The standard InChI is InChI=1S/C19H23N3O5/c1-13-3-5-17(16(11-13)22(24)25)26-12-15-4-6-18(27-15)19(23)20-14-7-9-21(2)10-8-14/h3-6,11,14H,7-10,12H2,1-2H3,(H,20,23). The number of benzene rings is 1. The summed E-state index contributed by atoms with van der Waals surface area (Å²) < 4.78 is 11.1. The molecule has 0 radical (unpaired) electrons. The minimum atomic E-state index is -0.481. The van der Waals surface area contributed by atoms with E-state index in [0.29, 0.717) is 5.76 Å². The third-order valence-corrected chi connectivity index (χ3v) is 4.62. The van der Waals surface area contributed by atoms with Crippen molar-refractivity contribution in [3.63, 3.8) is 0 Å². The summed E-state index contributed by atoms with van der Waals surface area (Å²) in [5.41, 5.74) is 0.682. The van der Waals surface area contributed by atoms with Gasteiger partial charge in [0.15, 0.2) is 11.5 Å². The normalized spacial score (nSPS) is 15.5.